The number of hydrogen-bond donors (Lipinski definition) is 0. The molecule has 0 aliphatic carbocycles. The van der Waals surface area contributed by atoms with E-state index >= 15 is 0 Å². The van der Waals surface area contributed by atoms with E-state index in [0.717, 1.165) is 77.7 Å². The van der Waals surface area contributed by atoms with Crippen LogP contribution in [0.5, 0.6) is 0 Å². The third-order valence-corrected chi connectivity index (χ3v) is 10.5. The molecule has 0 N–H and O–H groups in total. The third kappa shape index (κ3) is 5.27. The molecule has 0 aliphatic rings. The third-order valence-electron chi connectivity index (χ3n) is 10.5. The highest BCUT2D eigenvalue weighted by molar-refractivity contribution is 6.24. The lowest BCUT2D eigenvalue weighted by atomic mass is 9.99. The van der Waals surface area contributed by atoms with Crippen LogP contribution in [-0.2, 0) is 0 Å². The first kappa shape index (κ1) is 31.8. The highest BCUT2D eigenvalue weighted by atomic mass is 16.3. The molecule has 0 radical (unpaired) electrons. The molecule has 7 aromatic carbocycles. The summed E-state index contributed by atoms with van der Waals surface area (Å²) in [5, 5.41) is 4.50. The second kappa shape index (κ2) is 13.0. The first-order chi connectivity index (χ1) is 27.8. The van der Waals surface area contributed by atoms with Crippen LogP contribution in [0.15, 0.2) is 193 Å². The summed E-state index contributed by atoms with van der Waals surface area (Å²) in [7, 11) is 0. The molecule has 6 nitrogen and oxygen atoms in total. The van der Waals surface area contributed by atoms with Gasteiger partial charge in [0.25, 0.3) is 0 Å². The highest BCUT2D eigenvalue weighted by Gasteiger charge is 2.22. The monoisotopic (exact) mass is 717 g/mol. The van der Waals surface area contributed by atoms with Gasteiger partial charge in [0.05, 0.1) is 22.1 Å². The maximum atomic E-state index is 6.72. The van der Waals surface area contributed by atoms with Crippen LogP contribution in [0, 0.1) is 0 Å². The van der Waals surface area contributed by atoms with Crippen LogP contribution < -0.4 is 0 Å². The lowest BCUT2D eigenvalue weighted by Gasteiger charge is -2.13. The van der Waals surface area contributed by atoms with Gasteiger partial charge in [-0.05, 0) is 54.1 Å². The lowest BCUT2D eigenvalue weighted by Crippen LogP contribution is -2.02. The standard InChI is InChI=1S/C50H31N5O/c1-5-15-32(16-6-1)36-29-41(50-53-48(33-17-7-2-8-18-33)52-49(54-50)34-19-9-3-10-20-34)46(51-31-36)35-25-26-40-44(30-35)56-43-28-27-39-38-23-13-14-24-42(38)55(47(39)45(40)43)37-21-11-4-12-22-37/h1-31H. The van der Waals surface area contributed by atoms with E-state index in [2.05, 4.69) is 108 Å². The molecule has 0 atom stereocenters. The molecule has 0 spiro atoms. The van der Waals surface area contributed by atoms with E-state index < -0.39 is 0 Å². The predicted molar refractivity (Wildman–Crippen MR) is 226 cm³/mol. The number of nitrogens with zero attached hydrogens (tertiary/aromatic N) is 5. The molecule has 0 saturated heterocycles. The zero-order valence-electron chi connectivity index (χ0n) is 30.0. The van der Waals surface area contributed by atoms with Gasteiger partial charge in [0.15, 0.2) is 17.5 Å². The van der Waals surface area contributed by atoms with Crippen molar-refractivity contribution in [2.24, 2.45) is 0 Å². The second-order valence-corrected chi connectivity index (χ2v) is 13.9. The Bertz CT molecular complexity index is 3170. The lowest BCUT2D eigenvalue weighted by molar-refractivity contribution is 0.669. The fraction of sp³-hybridized carbons (Fsp3) is 0. The molecule has 56 heavy (non-hydrogen) atoms. The molecule has 6 heteroatoms. The number of pyridine rings is 1. The number of fused-ring (bicyclic) bond motifs is 7. The van der Waals surface area contributed by atoms with E-state index in [-0.39, 0.29) is 0 Å². The van der Waals surface area contributed by atoms with Gasteiger partial charge >= 0.3 is 0 Å². The largest absolute Gasteiger partial charge is 0.456 e. The van der Waals surface area contributed by atoms with E-state index in [1.165, 1.54) is 10.8 Å². The Morgan fingerprint density at radius 3 is 1.70 bits per heavy atom. The molecule has 0 unspecified atom stereocenters. The van der Waals surface area contributed by atoms with E-state index in [0.29, 0.717) is 17.5 Å². The summed E-state index contributed by atoms with van der Waals surface area (Å²) in [6.07, 6.45) is 1.93. The van der Waals surface area contributed by atoms with Crippen LogP contribution in [0.2, 0.25) is 0 Å². The summed E-state index contributed by atoms with van der Waals surface area (Å²) in [5.41, 5.74) is 11.3. The minimum absolute atomic E-state index is 0.539. The van der Waals surface area contributed by atoms with Gasteiger partial charge in [0, 0.05) is 55.9 Å². The minimum Gasteiger partial charge on any atom is -0.456 e. The molecule has 4 heterocycles. The van der Waals surface area contributed by atoms with Gasteiger partial charge in [-0.15, -0.1) is 0 Å². The number of benzene rings is 7. The van der Waals surface area contributed by atoms with Crippen molar-refractivity contribution in [2.45, 2.75) is 0 Å². The minimum atomic E-state index is 0.539. The molecule has 0 bridgehead atoms. The van der Waals surface area contributed by atoms with Crippen molar-refractivity contribution < 1.29 is 4.42 Å². The van der Waals surface area contributed by atoms with Crippen molar-refractivity contribution in [3.05, 3.63) is 188 Å². The molecule has 4 aromatic heterocycles. The smallest absolute Gasteiger partial charge is 0.166 e. The van der Waals surface area contributed by atoms with Crippen molar-refractivity contribution in [1.29, 1.82) is 0 Å². The fourth-order valence-electron chi connectivity index (χ4n) is 7.89. The van der Waals surface area contributed by atoms with Gasteiger partial charge in [-0.1, -0.05) is 133 Å². The predicted octanol–water partition coefficient (Wildman–Crippen LogP) is 12.6. The van der Waals surface area contributed by atoms with E-state index in [4.69, 9.17) is 24.4 Å². The van der Waals surface area contributed by atoms with Crippen molar-refractivity contribution in [1.82, 2.24) is 24.5 Å². The van der Waals surface area contributed by atoms with Crippen LogP contribution in [0.3, 0.4) is 0 Å². The van der Waals surface area contributed by atoms with Crippen LogP contribution in [-0.4, -0.2) is 24.5 Å². The summed E-state index contributed by atoms with van der Waals surface area (Å²) in [6, 6.07) is 62.3. The molecule has 0 aliphatic heterocycles. The molecule has 0 amide bonds. The molecule has 11 rings (SSSR count). The van der Waals surface area contributed by atoms with Crippen LogP contribution in [0.25, 0.3) is 106 Å². The fourth-order valence-corrected chi connectivity index (χ4v) is 7.89. The number of hydrogen-bond acceptors (Lipinski definition) is 5. The van der Waals surface area contributed by atoms with E-state index in [1.807, 2.05) is 85.1 Å². The van der Waals surface area contributed by atoms with E-state index in [9.17, 15) is 0 Å². The quantitative estimate of drug-likeness (QED) is 0.171. The van der Waals surface area contributed by atoms with Crippen LogP contribution >= 0.6 is 0 Å². The van der Waals surface area contributed by atoms with Crippen molar-refractivity contribution in [2.75, 3.05) is 0 Å². The zero-order valence-corrected chi connectivity index (χ0v) is 30.0. The summed E-state index contributed by atoms with van der Waals surface area (Å²) >= 11 is 0. The van der Waals surface area contributed by atoms with Crippen molar-refractivity contribution in [3.8, 4) is 62.2 Å². The van der Waals surface area contributed by atoms with Gasteiger partial charge in [-0.3, -0.25) is 4.98 Å². The Morgan fingerprint density at radius 2 is 1.00 bits per heavy atom. The number of para-hydroxylation sites is 2. The van der Waals surface area contributed by atoms with Crippen LogP contribution in [0.1, 0.15) is 0 Å². The zero-order chi connectivity index (χ0) is 37.0. The van der Waals surface area contributed by atoms with E-state index in [1.54, 1.807) is 0 Å². The molecular weight excluding hydrogens is 687 g/mol. The first-order valence-corrected chi connectivity index (χ1v) is 18.6. The Balaban J connectivity index is 1.15. The van der Waals surface area contributed by atoms with Crippen LogP contribution in [0.4, 0.5) is 0 Å². The van der Waals surface area contributed by atoms with Crippen molar-refractivity contribution in [3.63, 3.8) is 0 Å². The van der Waals surface area contributed by atoms with Gasteiger partial charge in [-0.25, -0.2) is 15.0 Å². The maximum Gasteiger partial charge on any atom is 0.166 e. The molecule has 0 saturated carbocycles. The van der Waals surface area contributed by atoms with Gasteiger partial charge in [-0.2, -0.15) is 0 Å². The highest BCUT2D eigenvalue weighted by Crippen LogP contribution is 2.42. The number of aromatic nitrogens is 5. The Hall–Kier alpha value is -7.70. The van der Waals surface area contributed by atoms with Gasteiger partial charge in [0.1, 0.15) is 11.2 Å². The maximum absolute atomic E-state index is 6.72. The molecule has 11 aromatic rings. The van der Waals surface area contributed by atoms with Gasteiger partial charge < -0.3 is 8.98 Å². The molecular formula is C50H31N5O. The summed E-state index contributed by atoms with van der Waals surface area (Å²) in [6.45, 7) is 0. The SMILES string of the molecule is c1ccc(-c2cnc(-c3ccc4c(c3)oc3ccc5c6ccccc6n(-c6ccccc6)c5c34)c(-c3nc(-c4ccccc4)nc(-c4ccccc4)n3)c2)cc1. The summed E-state index contributed by atoms with van der Waals surface area (Å²) in [5.74, 6) is 1.73. The Morgan fingerprint density at radius 1 is 0.411 bits per heavy atom. The molecule has 0 fully saturated rings. The average molecular weight is 718 g/mol. The molecule has 262 valence electrons. The van der Waals surface area contributed by atoms with Gasteiger partial charge in [0.2, 0.25) is 0 Å². The Labute approximate surface area is 322 Å². The first-order valence-electron chi connectivity index (χ1n) is 18.6. The normalized spacial score (nSPS) is 11.6. The topological polar surface area (TPSA) is 69.6 Å². The Kier molecular flexibility index (Phi) is 7.38. The van der Waals surface area contributed by atoms with Crippen molar-refractivity contribution >= 4 is 43.7 Å². The number of furan rings is 1. The average Bonchev–Trinajstić information content (AvgIpc) is 3.82. The summed E-state index contributed by atoms with van der Waals surface area (Å²) in [4.78, 5) is 20.4. The second-order valence-electron chi connectivity index (χ2n) is 13.9. The number of rotatable bonds is 6. The summed E-state index contributed by atoms with van der Waals surface area (Å²) < 4.78 is 9.07.